The molecular formula is C13H15FN4. The van der Waals surface area contributed by atoms with Crippen molar-refractivity contribution in [3.63, 3.8) is 0 Å². The number of aromatic nitrogens is 1. The Balaban J connectivity index is 2.15. The number of pyridine rings is 1. The molecule has 4 nitrogen and oxygen atoms in total. The van der Waals surface area contributed by atoms with Gasteiger partial charge in [-0.3, -0.25) is 0 Å². The monoisotopic (exact) mass is 246 g/mol. The zero-order valence-corrected chi connectivity index (χ0v) is 10.1. The van der Waals surface area contributed by atoms with E-state index in [-0.39, 0.29) is 5.82 Å². The minimum atomic E-state index is -0.238. The Bertz CT molecular complexity index is 513. The summed E-state index contributed by atoms with van der Waals surface area (Å²) in [6, 6.07) is 10.2. The van der Waals surface area contributed by atoms with Crippen LogP contribution in [0.1, 0.15) is 5.56 Å². The molecule has 5 heteroatoms. The van der Waals surface area contributed by atoms with Crippen molar-refractivity contribution in [1.29, 1.82) is 0 Å². The largest absolute Gasteiger partial charge is 0.370 e. The summed E-state index contributed by atoms with van der Waals surface area (Å²) in [5.41, 5.74) is 4.48. The number of benzene rings is 1. The Labute approximate surface area is 105 Å². The summed E-state index contributed by atoms with van der Waals surface area (Å²) in [6.45, 7) is 0.638. The van der Waals surface area contributed by atoms with E-state index in [4.69, 9.17) is 5.84 Å². The van der Waals surface area contributed by atoms with Crippen LogP contribution in [0.5, 0.6) is 0 Å². The average molecular weight is 246 g/mol. The van der Waals surface area contributed by atoms with Crippen molar-refractivity contribution in [2.75, 3.05) is 17.4 Å². The molecule has 0 saturated heterocycles. The molecule has 0 amide bonds. The van der Waals surface area contributed by atoms with Crippen molar-refractivity contribution in [2.24, 2.45) is 5.84 Å². The highest BCUT2D eigenvalue weighted by Gasteiger charge is 2.06. The van der Waals surface area contributed by atoms with Crippen LogP contribution >= 0.6 is 0 Å². The van der Waals surface area contributed by atoms with Crippen LogP contribution < -0.4 is 16.2 Å². The molecule has 1 heterocycles. The maximum atomic E-state index is 12.8. The third kappa shape index (κ3) is 2.75. The second kappa shape index (κ2) is 5.46. The standard InChI is InChI=1S/C13H15FN4/c1-18(12-6-4-11(14)5-7-12)9-10-3-2-8-16-13(10)17-15/h2-8H,9,15H2,1H3,(H,16,17). The molecule has 0 radical (unpaired) electrons. The van der Waals surface area contributed by atoms with Crippen molar-refractivity contribution in [1.82, 2.24) is 4.98 Å². The minimum absolute atomic E-state index is 0.238. The highest BCUT2D eigenvalue weighted by atomic mass is 19.1. The molecule has 3 N–H and O–H groups in total. The smallest absolute Gasteiger partial charge is 0.144 e. The molecule has 0 spiro atoms. The number of rotatable bonds is 4. The van der Waals surface area contributed by atoms with Gasteiger partial charge in [0, 0.05) is 31.0 Å². The fraction of sp³-hybridized carbons (Fsp3) is 0.154. The summed E-state index contributed by atoms with van der Waals surface area (Å²) in [5, 5.41) is 0. The van der Waals surface area contributed by atoms with Gasteiger partial charge in [0.1, 0.15) is 11.6 Å². The molecule has 18 heavy (non-hydrogen) atoms. The fourth-order valence-electron chi connectivity index (χ4n) is 1.74. The van der Waals surface area contributed by atoms with Crippen molar-refractivity contribution in [3.05, 3.63) is 54.0 Å². The lowest BCUT2D eigenvalue weighted by Crippen LogP contribution is -2.19. The molecule has 0 bridgehead atoms. The Morgan fingerprint density at radius 3 is 2.67 bits per heavy atom. The molecule has 1 aromatic carbocycles. The summed E-state index contributed by atoms with van der Waals surface area (Å²) >= 11 is 0. The van der Waals surface area contributed by atoms with Gasteiger partial charge in [0.2, 0.25) is 0 Å². The Hall–Kier alpha value is -2.14. The molecule has 0 aliphatic rings. The molecule has 94 valence electrons. The van der Waals surface area contributed by atoms with Crippen LogP contribution in [0.2, 0.25) is 0 Å². The molecule has 0 fully saturated rings. The van der Waals surface area contributed by atoms with Gasteiger partial charge in [0.05, 0.1) is 0 Å². The number of halogens is 1. The molecule has 1 aromatic heterocycles. The maximum Gasteiger partial charge on any atom is 0.144 e. The molecule has 2 rings (SSSR count). The van der Waals surface area contributed by atoms with E-state index in [2.05, 4.69) is 10.4 Å². The molecule has 0 unspecified atom stereocenters. The van der Waals surface area contributed by atoms with Gasteiger partial charge in [-0.05, 0) is 30.3 Å². The predicted octanol–water partition coefficient (Wildman–Crippen LogP) is 2.14. The van der Waals surface area contributed by atoms with E-state index < -0.39 is 0 Å². The van der Waals surface area contributed by atoms with Gasteiger partial charge in [0.15, 0.2) is 0 Å². The first-order valence-electron chi connectivity index (χ1n) is 5.58. The summed E-state index contributed by atoms with van der Waals surface area (Å²) in [6.07, 6.45) is 1.68. The van der Waals surface area contributed by atoms with Crippen molar-refractivity contribution in [3.8, 4) is 0 Å². The third-order valence-electron chi connectivity index (χ3n) is 2.70. The highest BCUT2D eigenvalue weighted by Crippen LogP contribution is 2.18. The lowest BCUT2D eigenvalue weighted by atomic mass is 10.2. The molecule has 0 saturated carbocycles. The van der Waals surface area contributed by atoms with Crippen LogP contribution in [-0.4, -0.2) is 12.0 Å². The van der Waals surface area contributed by atoms with Gasteiger partial charge in [0.25, 0.3) is 0 Å². The zero-order valence-electron chi connectivity index (χ0n) is 10.1. The normalized spacial score (nSPS) is 10.2. The van der Waals surface area contributed by atoms with E-state index >= 15 is 0 Å². The first-order chi connectivity index (χ1) is 8.70. The zero-order chi connectivity index (χ0) is 13.0. The van der Waals surface area contributed by atoms with Crippen LogP contribution in [0, 0.1) is 5.82 Å². The van der Waals surface area contributed by atoms with Crippen LogP contribution in [0.15, 0.2) is 42.6 Å². The molecule has 2 aromatic rings. The van der Waals surface area contributed by atoms with E-state index in [9.17, 15) is 4.39 Å². The van der Waals surface area contributed by atoms with Crippen LogP contribution in [0.25, 0.3) is 0 Å². The SMILES string of the molecule is CN(Cc1cccnc1NN)c1ccc(F)cc1. The Morgan fingerprint density at radius 2 is 2.00 bits per heavy atom. The van der Waals surface area contributed by atoms with E-state index in [1.807, 2.05) is 24.1 Å². The number of hydrazine groups is 1. The molecule has 0 aliphatic heterocycles. The Morgan fingerprint density at radius 1 is 1.28 bits per heavy atom. The van der Waals surface area contributed by atoms with Crippen LogP contribution in [0.3, 0.4) is 0 Å². The van der Waals surface area contributed by atoms with Crippen molar-refractivity contribution in [2.45, 2.75) is 6.54 Å². The van der Waals surface area contributed by atoms with E-state index in [0.29, 0.717) is 12.4 Å². The van der Waals surface area contributed by atoms with Crippen molar-refractivity contribution < 1.29 is 4.39 Å². The average Bonchev–Trinajstić information content (AvgIpc) is 2.40. The highest BCUT2D eigenvalue weighted by molar-refractivity contribution is 5.49. The maximum absolute atomic E-state index is 12.8. The van der Waals surface area contributed by atoms with Crippen LogP contribution in [-0.2, 0) is 6.54 Å². The van der Waals surface area contributed by atoms with Crippen molar-refractivity contribution >= 4 is 11.5 Å². The van der Waals surface area contributed by atoms with Gasteiger partial charge in [-0.2, -0.15) is 0 Å². The topological polar surface area (TPSA) is 54.2 Å². The van der Waals surface area contributed by atoms with Crippen LogP contribution in [0.4, 0.5) is 15.9 Å². The first kappa shape index (κ1) is 12.3. The third-order valence-corrected chi connectivity index (χ3v) is 2.70. The molecule has 0 aliphatic carbocycles. The van der Waals surface area contributed by atoms with Gasteiger partial charge in [-0.15, -0.1) is 0 Å². The van der Waals surface area contributed by atoms with E-state index in [1.54, 1.807) is 18.3 Å². The Kier molecular flexibility index (Phi) is 3.74. The lowest BCUT2D eigenvalue weighted by molar-refractivity contribution is 0.627. The molecular weight excluding hydrogens is 231 g/mol. The number of nitrogens with zero attached hydrogens (tertiary/aromatic N) is 2. The van der Waals surface area contributed by atoms with E-state index in [0.717, 1.165) is 11.3 Å². The number of nitrogens with one attached hydrogen (secondary N) is 1. The second-order valence-electron chi connectivity index (χ2n) is 3.99. The number of nitrogens with two attached hydrogens (primary N) is 1. The minimum Gasteiger partial charge on any atom is -0.370 e. The summed E-state index contributed by atoms with van der Waals surface area (Å²) in [5.74, 6) is 5.81. The number of anilines is 2. The summed E-state index contributed by atoms with van der Waals surface area (Å²) in [4.78, 5) is 6.13. The quantitative estimate of drug-likeness (QED) is 0.641. The van der Waals surface area contributed by atoms with Gasteiger partial charge in [-0.1, -0.05) is 6.07 Å². The number of hydrogen-bond acceptors (Lipinski definition) is 4. The predicted molar refractivity (Wildman–Crippen MR) is 70.6 cm³/mol. The first-order valence-corrected chi connectivity index (χ1v) is 5.58. The lowest BCUT2D eigenvalue weighted by Gasteiger charge is -2.20. The van der Waals surface area contributed by atoms with Gasteiger partial charge >= 0.3 is 0 Å². The molecule has 0 atom stereocenters. The number of hydrogen-bond donors (Lipinski definition) is 2. The summed E-state index contributed by atoms with van der Waals surface area (Å²) < 4.78 is 12.8. The summed E-state index contributed by atoms with van der Waals surface area (Å²) in [7, 11) is 1.93. The van der Waals surface area contributed by atoms with Gasteiger partial charge in [-0.25, -0.2) is 15.2 Å². The second-order valence-corrected chi connectivity index (χ2v) is 3.99. The van der Waals surface area contributed by atoms with Gasteiger partial charge < -0.3 is 10.3 Å². The number of nitrogen functional groups attached to an aromatic ring is 1. The fourth-order valence-corrected chi connectivity index (χ4v) is 1.74. The van der Waals surface area contributed by atoms with E-state index in [1.165, 1.54) is 12.1 Å².